The number of halogens is 2. The summed E-state index contributed by atoms with van der Waals surface area (Å²) in [6.45, 7) is 0. The van der Waals surface area contributed by atoms with Gasteiger partial charge in [-0.2, -0.15) is 0 Å². The Kier molecular flexibility index (Phi) is 3.21. The van der Waals surface area contributed by atoms with E-state index >= 15 is 0 Å². The molecule has 0 aliphatic rings. The second-order valence-corrected chi connectivity index (χ2v) is 6.59. The molecule has 2 aromatic carbocycles. The summed E-state index contributed by atoms with van der Waals surface area (Å²) in [7, 11) is 3.76. The van der Waals surface area contributed by atoms with Crippen molar-refractivity contribution in [2.45, 2.75) is 0 Å². The Morgan fingerprint density at radius 1 is 0.741 bits per heavy atom. The van der Waals surface area contributed by atoms with Crippen LogP contribution in [-0.4, -0.2) is 19.4 Å². The van der Waals surface area contributed by atoms with Gasteiger partial charge >= 0.3 is 0 Å². The van der Waals surface area contributed by atoms with E-state index in [-0.39, 0.29) is 11.6 Å². The number of rotatable bonds is 2. The highest BCUT2D eigenvalue weighted by molar-refractivity contribution is 6.02. The summed E-state index contributed by atoms with van der Waals surface area (Å²) in [5, 5.41) is 9.56. The summed E-state index contributed by atoms with van der Waals surface area (Å²) < 4.78 is 36.5. The van der Waals surface area contributed by atoms with Gasteiger partial charge in [-0.05, 0) is 46.7 Å². The van der Waals surface area contributed by atoms with Crippen molar-refractivity contribution < 1.29 is 13.4 Å². The first kappa shape index (κ1) is 15.7. The highest BCUT2D eigenvalue weighted by Crippen LogP contribution is 2.38. The highest BCUT2D eigenvalue weighted by Gasteiger charge is 2.22. The van der Waals surface area contributed by atoms with Crippen LogP contribution in [0.1, 0.15) is 0 Å². The monoisotopic (exact) mass is 364 g/mol. The van der Waals surface area contributed by atoms with Gasteiger partial charge in [0.05, 0.1) is 0 Å². The van der Waals surface area contributed by atoms with Crippen molar-refractivity contribution in [1.82, 2.24) is 19.4 Å². The van der Waals surface area contributed by atoms with Crippen LogP contribution in [-0.2, 0) is 14.1 Å². The van der Waals surface area contributed by atoms with Gasteiger partial charge in [0.15, 0.2) is 0 Å². The lowest BCUT2D eigenvalue weighted by atomic mass is 10.0. The van der Waals surface area contributed by atoms with Gasteiger partial charge in [-0.25, -0.2) is 13.4 Å². The molecular formula is C20H14F2N4O. The quantitative estimate of drug-likeness (QED) is 0.458. The molecular weight excluding hydrogens is 350 g/mol. The maximum absolute atomic E-state index is 13.8. The minimum absolute atomic E-state index is 0.333. The van der Waals surface area contributed by atoms with E-state index in [1.807, 2.05) is 35.6 Å². The molecule has 0 spiro atoms. The zero-order valence-corrected chi connectivity index (χ0v) is 14.6. The van der Waals surface area contributed by atoms with Crippen molar-refractivity contribution in [2.75, 3.05) is 0 Å². The third-order valence-electron chi connectivity index (χ3n) is 4.90. The number of aromatic nitrogens is 4. The molecule has 0 aliphatic heterocycles. The first-order chi connectivity index (χ1) is 13.0. The number of fused-ring (bicyclic) bond motifs is 2. The molecule has 134 valence electrons. The summed E-state index contributed by atoms with van der Waals surface area (Å²) in [5.74, 6) is -0.666. The smallest absolute Gasteiger partial charge is 0.145 e. The minimum atomic E-state index is -0.333. The molecule has 0 radical (unpaired) electrons. The second kappa shape index (κ2) is 5.51. The fraction of sp³-hybridized carbons (Fsp3) is 0.100. The maximum Gasteiger partial charge on any atom is 0.145 e. The van der Waals surface area contributed by atoms with Crippen molar-refractivity contribution in [3.63, 3.8) is 0 Å². The average molecular weight is 364 g/mol. The van der Waals surface area contributed by atoms with E-state index < -0.39 is 0 Å². The van der Waals surface area contributed by atoms with Crippen LogP contribution >= 0.6 is 0 Å². The Morgan fingerprint density at radius 2 is 1.19 bits per heavy atom. The third-order valence-corrected chi connectivity index (χ3v) is 4.90. The molecule has 7 heteroatoms. The van der Waals surface area contributed by atoms with E-state index in [0.29, 0.717) is 33.3 Å². The second-order valence-electron chi connectivity index (χ2n) is 6.59. The van der Waals surface area contributed by atoms with E-state index in [9.17, 15) is 8.78 Å². The molecule has 0 bridgehead atoms. The van der Waals surface area contributed by atoms with E-state index in [2.05, 4.69) is 10.3 Å². The van der Waals surface area contributed by atoms with Crippen LogP contribution in [0.2, 0.25) is 0 Å². The fourth-order valence-electron chi connectivity index (χ4n) is 3.65. The van der Waals surface area contributed by atoms with Crippen molar-refractivity contribution in [3.05, 3.63) is 60.4 Å². The van der Waals surface area contributed by atoms with E-state index in [0.717, 1.165) is 11.0 Å². The lowest BCUT2D eigenvalue weighted by Crippen LogP contribution is -1.84. The number of aryl methyl sites for hydroxylation is 2. The van der Waals surface area contributed by atoms with Gasteiger partial charge < -0.3 is 9.13 Å². The predicted molar refractivity (Wildman–Crippen MR) is 98.0 cm³/mol. The van der Waals surface area contributed by atoms with Crippen LogP contribution in [0.3, 0.4) is 0 Å². The molecule has 0 atom stereocenters. The van der Waals surface area contributed by atoms with Crippen molar-refractivity contribution >= 4 is 21.8 Å². The Labute approximate surface area is 152 Å². The molecule has 0 unspecified atom stereocenters. The molecule has 0 N–H and O–H groups in total. The standard InChI is InChI=1S/C20H14F2N4O/c1-25-9-15(13-7-11(21)3-5-17(13)25)19-20(24-27-23-19)16-10-26(2)18-6-4-12(22)8-14(16)18/h3-10H,1-2H3. The predicted octanol–water partition coefficient (Wildman–Crippen LogP) is 4.67. The van der Waals surface area contributed by atoms with Crippen molar-refractivity contribution in [3.8, 4) is 22.5 Å². The first-order valence-corrected chi connectivity index (χ1v) is 8.35. The maximum atomic E-state index is 13.8. The Balaban J connectivity index is 1.80. The molecule has 5 rings (SSSR count). The van der Waals surface area contributed by atoms with Crippen LogP contribution in [0.15, 0.2) is 53.4 Å². The Hall–Kier alpha value is -3.48. The molecule has 0 aliphatic carbocycles. The molecule has 0 amide bonds. The fourth-order valence-corrected chi connectivity index (χ4v) is 3.65. The number of hydrogen-bond donors (Lipinski definition) is 0. The normalized spacial score (nSPS) is 11.7. The minimum Gasteiger partial charge on any atom is -0.350 e. The SMILES string of the molecule is Cn1cc(-c2nonc2-c2cn(C)c3ccc(F)cc23)c2cc(F)ccc21. The topological polar surface area (TPSA) is 48.8 Å². The average Bonchev–Trinajstić information content (AvgIpc) is 3.31. The van der Waals surface area contributed by atoms with E-state index in [1.165, 1.54) is 24.3 Å². The zero-order chi connectivity index (χ0) is 18.7. The van der Waals surface area contributed by atoms with Crippen LogP contribution in [0, 0.1) is 11.6 Å². The lowest BCUT2D eigenvalue weighted by molar-refractivity contribution is 0.310. The number of benzene rings is 2. The number of hydrogen-bond acceptors (Lipinski definition) is 3. The molecule has 5 nitrogen and oxygen atoms in total. The van der Waals surface area contributed by atoms with Gasteiger partial charge in [0, 0.05) is 59.4 Å². The summed E-state index contributed by atoms with van der Waals surface area (Å²) in [4.78, 5) is 0. The molecule has 3 heterocycles. The Bertz CT molecular complexity index is 1230. The summed E-state index contributed by atoms with van der Waals surface area (Å²) in [6, 6.07) is 9.20. The van der Waals surface area contributed by atoms with E-state index in [1.54, 1.807) is 12.1 Å². The lowest BCUT2D eigenvalue weighted by Gasteiger charge is -1.99. The van der Waals surface area contributed by atoms with Gasteiger partial charge in [0.1, 0.15) is 23.0 Å². The summed E-state index contributed by atoms with van der Waals surface area (Å²) >= 11 is 0. The van der Waals surface area contributed by atoms with Crippen LogP contribution in [0.4, 0.5) is 8.78 Å². The molecule has 5 aromatic rings. The summed E-state index contributed by atoms with van der Waals surface area (Å²) in [6.07, 6.45) is 3.72. The zero-order valence-electron chi connectivity index (χ0n) is 14.6. The third kappa shape index (κ3) is 2.28. The van der Waals surface area contributed by atoms with Crippen LogP contribution < -0.4 is 0 Å². The number of nitrogens with zero attached hydrogens (tertiary/aromatic N) is 4. The van der Waals surface area contributed by atoms with Gasteiger partial charge in [-0.15, -0.1) is 0 Å². The highest BCUT2D eigenvalue weighted by atomic mass is 19.1. The van der Waals surface area contributed by atoms with Crippen LogP contribution in [0.5, 0.6) is 0 Å². The Morgan fingerprint density at radius 3 is 1.63 bits per heavy atom. The molecule has 27 heavy (non-hydrogen) atoms. The van der Waals surface area contributed by atoms with E-state index in [4.69, 9.17) is 4.63 Å². The molecule has 0 saturated heterocycles. The van der Waals surface area contributed by atoms with Gasteiger partial charge in [-0.3, -0.25) is 0 Å². The van der Waals surface area contributed by atoms with Crippen molar-refractivity contribution in [1.29, 1.82) is 0 Å². The van der Waals surface area contributed by atoms with Crippen molar-refractivity contribution in [2.24, 2.45) is 14.1 Å². The molecule has 0 fully saturated rings. The molecule has 3 aromatic heterocycles. The summed E-state index contributed by atoms with van der Waals surface area (Å²) in [5.41, 5.74) is 4.12. The van der Waals surface area contributed by atoms with Crippen LogP contribution in [0.25, 0.3) is 44.3 Å². The van der Waals surface area contributed by atoms with Gasteiger partial charge in [0.2, 0.25) is 0 Å². The van der Waals surface area contributed by atoms with Gasteiger partial charge in [-0.1, -0.05) is 0 Å². The molecule has 0 saturated carbocycles. The first-order valence-electron chi connectivity index (χ1n) is 8.35. The van der Waals surface area contributed by atoms with Gasteiger partial charge in [0.25, 0.3) is 0 Å². The largest absolute Gasteiger partial charge is 0.350 e.